The maximum Gasteiger partial charge on any atom is 0.332 e. The molecule has 2 aromatic rings. The van der Waals surface area contributed by atoms with E-state index >= 15 is 0 Å². The molecule has 1 aliphatic heterocycles. The number of hydrogen-bond donors (Lipinski definition) is 2. The number of rotatable bonds is 2. The predicted molar refractivity (Wildman–Crippen MR) is 90.1 cm³/mol. The molecule has 1 aliphatic rings. The van der Waals surface area contributed by atoms with Gasteiger partial charge in [-0.1, -0.05) is 6.92 Å². The maximum absolute atomic E-state index is 12.5. The van der Waals surface area contributed by atoms with Crippen LogP contribution in [0.2, 0.25) is 0 Å². The second kappa shape index (κ2) is 6.20. The molecule has 0 spiro atoms. The molecule has 24 heavy (non-hydrogen) atoms. The van der Waals surface area contributed by atoms with Crippen LogP contribution in [-0.4, -0.2) is 39.2 Å². The van der Waals surface area contributed by atoms with E-state index in [1.807, 2.05) is 0 Å². The number of carbonyl (C=O) groups excluding carboxylic acids is 1. The van der Waals surface area contributed by atoms with Gasteiger partial charge in [0.05, 0.1) is 5.39 Å². The van der Waals surface area contributed by atoms with Crippen LogP contribution in [0, 0.1) is 5.92 Å². The smallest absolute Gasteiger partial charge is 0.332 e. The molecule has 0 aliphatic carbocycles. The fourth-order valence-electron chi connectivity index (χ4n) is 3.05. The van der Waals surface area contributed by atoms with E-state index in [-0.39, 0.29) is 23.3 Å². The average molecular weight is 331 g/mol. The highest BCUT2D eigenvalue weighted by molar-refractivity contribution is 5.94. The van der Waals surface area contributed by atoms with Crippen LogP contribution >= 0.6 is 0 Å². The first-order valence-electron chi connectivity index (χ1n) is 7.98. The summed E-state index contributed by atoms with van der Waals surface area (Å²) in [7, 11) is 2.96. The van der Waals surface area contributed by atoms with Crippen molar-refractivity contribution in [3.63, 3.8) is 0 Å². The summed E-state index contributed by atoms with van der Waals surface area (Å²) in [5.74, 6) is 0.0450. The van der Waals surface area contributed by atoms with Crippen molar-refractivity contribution in [2.24, 2.45) is 20.0 Å². The number of aromatic nitrogens is 3. The molecular formula is C16H21N5O3. The molecule has 3 heterocycles. The minimum absolute atomic E-state index is 0.0868. The first kappa shape index (κ1) is 16.4. The summed E-state index contributed by atoms with van der Waals surface area (Å²) in [6.45, 7) is 3.81. The quantitative estimate of drug-likeness (QED) is 0.763. The highest BCUT2D eigenvalue weighted by Gasteiger charge is 2.24. The van der Waals surface area contributed by atoms with E-state index in [2.05, 4.69) is 22.5 Å². The van der Waals surface area contributed by atoms with Crippen LogP contribution in [0.3, 0.4) is 0 Å². The summed E-state index contributed by atoms with van der Waals surface area (Å²) >= 11 is 0. The molecule has 0 radical (unpaired) electrons. The van der Waals surface area contributed by atoms with Crippen LogP contribution in [-0.2, 0) is 14.1 Å². The van der Waals surface area contributed by atoms with Crippen molar-refractivity contribution < 1.29 is 4.79 Å². The van der Waals surface area contributed by atoms with Gasteiger partial charge in [-0.25, -0.2) is 9.78 Å². The van der Waals surface area contributed by atoms with Gasteiger partial charge in [-0.2, -0.15) is 0 Å². The van der Waals surface area contributed by atoms with Gasteiger partial charge >= 0.3 is 5.69 Å². The Labute approximate surface area is 138 Å². The van der Waals surface area contributed by atoms with Crippen LogP contribution in [0.15, 0.2) is 21.7 Å². The van der Waals surface area contributed by atoms with Crippen molar-refractivity contribution in [1.29, 1.82) is 0 Å². The van der Waals surface area contributed by atoms with Gasteiger partial charge in [0.25, 0.3) is 11.5 Å². The van der Waals surface area contributed by atoms with Gasteiger partial charge in [0.2, 0.25) is 0 Å². The third-order valence-electron chi connectivity index (χ3n) is 4.64. The lowest BCUT2D eigenvalue weighted by Gasteiger charge is -2.30. The Bertz CT molecular complexity index is 914. The number of amides is 1. The van der Waals surface area contributed by atoms with Crippen molar-refractivity contribution in [1.82, 2.24) is 24.8 Å². The number of nitrogens with one attached hydrogen (secondary N) is 2. The third kappa shape index (κ3) is 2.73. The third-order valence-corrected chi connectivity index (χ3v) is 4.64. The molecule has 2 atom stereocenters. The zero-order chi connectivity index (χ0) is 17.4. The predicted octanol–water partition coefficient (Wildman–Crippen LogP) is -0.640. The second-order valence-corrected chi connectivity index (χ2v) is 6.32. The molecule has 2 unspecified atom stereocenters. The Morgan fingerprint density at radius 3 is 2.75 bits per heavy atom. The van der Waals surface area contributed by atoms with Gasteiger partial charge in [0.1, 0.15) is 11.3 Å². The molecule has 0 aromatic carbocycles. The highest BCUT2D eigenvalue weighted by Crippen LogP contribution is 2.12. The van der Waals surface area contributed by atoms with Gasteiger partial charge in [-0.05, 0) is 37.6 Å². The lowest BCUT2D eigenvalue weighted by atomic mass is 9.95. The average Bonchev–Trinajstić information content (AvgIpc) is 2.59. The lowest BCUT2D eigenvalue weighted by molar-refractivity contribution is 0.0909. The summed E-state index contributed by atoms with van der Waals surface area (Å²) in [5, 5.41) is 6.59. The first-order valence-corrected chi connectivity index (χ1v) is 7.98. The fraction of sp³-hybridized carbons (Fsp3) is 0.500. The number of hydrogen-bond acceptors (Lipinski definition) is 5. The summed E-state index contributed by atoms with van der Waals surface area (Å²) in [5.41, 5.74) is -0.463. The Morgan fingerprint density at radius 2 is 2.04 bits per heavy atom. The number of pyridine rings is 1. The number of nitrogens with zero attached hydrogens (tertiary/aromatic N) is 3. The molecule has 8 heteroatoms. The molecule has 2 N–H and O–H groups in total. The van der Waals surface area contributed by atoms with Crippen LogP contribution in [0.1, 0.15) is 23.8 Å². The van der Waals surface area contributed by atoms with Gasteiger partial charge in [-0.3, -0.25) is 18.7 Å². The van der Waals surface area contributed by atoms with Gasteiger partial charge < -0.3 is 10.6 Å². The summed E-state index contributed by atoms with van der Waals surface area (Å²) in [6, 6.07) is 3.16. The molecule has 1 fully saturated rings. The molecular weight excluding hydrogens is 310 g/mol. The number of aryl methyl sites for hydroxylation is 1. The molecule has 1 saturated heterocycles. The van der Waals surface area contributed by atoms with Crippen molar-refractivity contribution in [3.05, 3.63) is 38.7 Å². The number of piperidine rings is 1. The normalized spacial score (nSPS) is 21.0. The SMILES string of the molecule is CC1CNCCC1NC(=O)c1ccc2c(=O)n(C)c(=O)n(C)c2n1. The molecule has 3 rings (SSSR count). The van der Waals surface area contributed by atoms with Crippen molar-refractivity contribution in [3.8, 4) is 0 Å². The monoisotopic (exact) mass is 331 g/mol. The van der Waals surface area contributed by atoms with Gasteiger partial charge in [0.15, 0.2) is 0 Å². The zero-order valence-corrected chi connectivity index (χ0v) is 14.0. The topological polar surface area (TPSA) is 98.0 Å². The van der Waals surface area contributed by atoms with Gasteiger partial charge in [0, 0.05) is 20.1 Å². The molecule has 8 nitrogen and oxygen atoms in total. The molecule has 1 amide bonds. The molecule has 128 valence electrons. The van der Waals surface area contributed by atoms with Crippen LogP contribution in [0.25, 0.3) is 11.0 Å². The summed E-state index contributed by atoms with van der Waals surface area (Å²) in [4.78, 5) is 40.9. The van der Waals surface area contributed by atoms with E-state index in [0.717, 1.165) is 24.1 Å². The summed E-state index contributed by atoms with van der Waals surface area (Å²) in [6.07, 6.45) is 0.861. The van der Waals surface area contributed by atoms with Crippen molar-refractivity contribution in [2.75, 3.05) is 13.1 Å². The van der Waals surface area contributed by atoms with Crippen LogP contribution in [0.5, 0.6) is 0 Å². The Hall–Kier alpha value is -2.48. The zero-order valence-electron chi connectivity index (χ0n) is 14.0. The fourth-order valence-corrected chi connectivity index (χ4v) is 3.05. The van der Waals surface area contributed by atoms with E-state index in [1.165, 1.54) is 24.7 Å². The second-order valence-electron chi connectivity index (χ2n) is 6.32. The van der Waals surface area contributed by atoms with E-state index in [9.17, 15) is 14.4 Å². The van der Waals surface area contributed by atoms with E-state index in [1.54, 1.807) is 6.07 Å². The largest absolute Gasteiger partial charge is 0.348 e. The standard InChI is InChI=1S/C16H21N5O3/c1-9-8-17-7-6-11(9)19-14(22)12-5-4-10-13(18-12)20(2)16(24)21(3)15(10)23/h4-5,9,11,17H,6-8H2,1-3H3,(H,19,22). The summed E-state index contributed by atoms with van der Waals surface area (Å²) < 4.78 is 2.31. The maximum atomic E-state index is 12.5. The molecule has 2 aromatic heterocycles. The molecule has 0 saturated carbocycles. The van der Waals surface area contributed by atoms with Crippen molar-refractivity contribution in [2.45, 2.75) is 19.4 Å². The van der Waals surface area contributed by atoms with E-state index in [0.29, 0.717) is 11.3 Å². The Balaban J connectivity index is 1.97. The van der Waals surface area contributed by atoms with E-state index < -0.39 is 11.2 Å². The Morgan fingerprint density at radius 1 is 1.29 bits per heavy atom. The minimum atomic E-state index is -0.468. The van der Waals surface area contributed by atoms with Crippen molar-refractivity contribution >= 4 is 16.9 Å². The lowest BCUT2D eigenvalue weighted by Crippen LogP contribution is -2.48. The molecule has 0 bridgehead atoms. The Kier molecular flexibility index (Phi) is 4.23. The van der Waals surface area contributed by atoms with E-state index in [4.69, 9.17) is 0 Å². The minimum Gasteiger partial charge on any atom is -0.348 e. The van der Waals surface area contributed by atoms with Crippen LogP contribution in [0.4, 0.5) is 0 Å². The van der Waals surface area contributed by atoms with Gasteiger partial charge in [-0.15, -0.1) is 0 Å². The van der Waals surface area contributed by atoms with Crippen LogP contribution < -0.4 is 21.9 Å². The number of carbonyl (C=O) groups is 1. The number of fused-ring (bicyclic) bond motifs is 1. The highest BCUT2D eigenvalue weighted by atomic mass is 16.2. The first-order chi connectivity index (χ1) is 11.4.